The first-order valence-corrected chi connectivity index (χ1v) is 15.2. The van der Waals surface area contributed by atoms with Gasteiger partial charge < -0.3 is 4.42 Å². The Balaban J connectivity index is 1.35. The van der Waals surface area contributed by atoms with Gasteiger partial charge in [0.05, 0.1) is 11.6 Å². The molecule has 6 aromatic rings. The highest BCUT2D eigenvalue weighted by molar-refractivity contribution is 6.10. The molecule has 44 heavy (non-hydrogen) atoms. The van der Waals surface area contributed by atoms with Gasteiger partial charge in [0, 0.05) is 33.2 Å². The number of nitrogens with zero attached hydrogens (tertiary/aromatic N) is 1. The van der Waals surface area contributed by atoms with E-state index >= 15 is 0 Å². The van der Waals surface area contributed by atoms with Crippen LogP contribution in [0.5, 0.6) is 0 Å². The predicted molar refractivity (Wildman–Crippen MR) is 182 cm³/mol. The smallest absolute Gasteiger partial charge is 0.140 e. The van der Waals surface area contributed by atoms with Crippen LogP contribution in [0.3, 0.4) is 0 Å². The molecule has 0 radical (unpaired) electrons. The van der Waals surface area contributed by atoms with Crippen molar-refractivity contribution in [2.75, 3.05) is 0 Å². The van der Waals surface area contributed by atoms with Crippen molar-refractivity contribution in [1.82, 2.24) is 0 Å². The number of furan rings is 1. The van der Waals surface area contributed by atoms with Gasteiger partial charge >= 0.3 is 0 Å². The Kier molecular flexibility index (Phi) is 5.70. The van der Waals surface area contributed by atoms with Gasteiger partial charge in [0.1, 0.15) is 11.2 Å². The van der Waals surface area contributed by atoms with Crippen molar-refractivity contribution in [1.29, 1.82) is 5.26 Å². The summed E-state index contributed by atoms with van der Waals surface area (Å²) in [5, 5.41) is 12.5. The minimum absolute atomic E-state index is 0.0441. The van der Waals surface area contributed by atoms with Gasteiger partial charge in [0.15, 0.2) is 0 Å². The SMILES string of the molecule is C=C/C=C\C1=C(C)c2ccc3c(oc4ccc(-c5c(C#N)cccc5C5c6ccccc6-c6ccccc65)cc43)c2C1(C)C. The Hall–Kier alpha value is -5.39. The van der Waals surface area contributed by atoms with E-state index in [0.29, 0.717) is 5.56 Å². The van der Waals surface area contributed by atoms with Gasteiger partial charge in [0.2, 0.25) is 0 Å². The molecule has 1 aromatic heterocycles. The molecule has 0 saturated heterocycles. The van der Waals surface area contributed by atoms with E-state index in [-0.39, 0.29) is 11.3 Å². The normalized spacial score (nSPS) is 15.1. The lowest BCUT2D eigenvalue weighted by molar-refractivity contribution is 0.616. The monoisotopic (exact) mass is 565 g/mol. The highest BCUT2D eigenvalue weighted by Gasteiger charge is 2.38. The fourth-order valence-corrected chi connectivity index (χ4v) is 7.89. The molecule has 0 fully saturated rings. The van der Waals surface area contributed by atoms with Crippen molar-refractivity contribution in [3.05, 3.63) is 161 Å². The molecule has 0 aliphatic heterocycles. The Bertz CT molecular complexity index is 2250. The highest BCUT2D eigenvalue weighted by atomic mass is 16.3. The summed E-state index contributed by atoms with van der Waals surface area (Å²) in [6.07, 6.45) is 6.02. The maximum atomic E-state index is 10.4. The van der Waals surface area contributed by atoms with E-state index in [9.17, 15) is 5.26 Å². The molecule has 0 bridgehead atoms. The molecule has 2 aliphatic rings. The molecule has 0 unspecified atom stereocenters. The average Bonchev–Trinajstić information content (AvgIpc) is 3.64. The summed E-state index contributed by atoms with van der Waals surface area (Å²) in [5.41, 5.74) is 15.5. The first-order valence-electron chi connectivity index (χ1n) is 15.2. The summed E-state index contributed by atoms with van der Waals surface area (Å²) < 4.78 is 6.67. The van der Waals surface area contributed by atoms with Gasteiger partial charge in [-0.1, -0.05) is 111 Å². The van der Waals surface area contributed by atoms with Crippen LogP contribution in [-0.2, 0) is 5.41 Å². The maximum Gasteiger partial charge on any atom is 0.140 e. The molecule has 0 amide bonds. The van der Waals surface area contributed by atoms with Crippen LogP contribution in [-0.4, -0.2) is 0 Å². The number of benzene rings is 5. The maximum absolute atomic E-state index is 10.4. The molecule has 1 heterocycles. The topological polar surface area (TPSA) is 36.9 Å². The van der Waals surface area contributed by atoms with Gasteiger partial charge in [0.25, 0.3) is 0 Å². The van der Waals surface area contributed by atoms with Crippen LogP contribution >= 0.6 is 0 Å². The molecule has 8 rings (SSSR count). The van der Waals surface area contributed by atoms with E-state index in [0.717, 1.165) is 38.6 Å². The van der Waals surface area contributed by atoms with Crippen LogP contribution in [0.2, 0.25) is 0 Å². The third-order valence-corrected chi connectivity index (χ3v) is 9.80. The van der Waals surface area contributed by atoms with Gasteiger partial charge in [-0.3, -0.25) is 0 Å². The Morgan fingerprint density at radius 3 is 2.20 bits per heavy atom. The van der Waals surface area contributed by atoms with E-state index < -0.39 is 0 Å². The molecule has 2 heteroatoms. The average molecular weight is 566 g/mol. The zero-order valence-corrected chi connectivity index (χ0v) is 25.1. The van der Waals surface area contributed by atoms with E-state index in [1.54, 1.807) is 0 Å². The van der Waals surface area contributed by atoms with Crippen LogP contribution in [0.4, 0.5) is 0 Å². The fraction of sp³-hybridized carbons (Fsp3) is 0.119. The number of fused-ring (bicyclic) bond motifs is 8. The molecule has 0 saturated carbocycles. The molecule has 0 spiro atoms. The van der Waals surface area contributed by atoms with E-state index in [1.165, 1.54) is 44.5 Å². The van der Waals surface area contributed by atoms with Crippen molar-refractivity contribution < 1.29 is 4.42 Å². The molecule has 0 N–H and O–H groups in total. The summed E-state index contributed by atoms with van der Waals surface area (Å²) in [6, 6.07) is 36.8. The van der Waals surface area contributed by atoms with Crippen molar-refractivity contribution in [3.8, 4) is 28.3 Å². The fourth-order valence-electron chi connectivity index (χ4n) is 7.89. The number of hydrogen-bond donors (Lipinski definition) is 0. The zero-order chi connectivity index (χ0) is 30.2. The number of rotatable bonds is 4. The first kappa shape index (κ1) is 26.3. The van der Waals surface area contributed by atoms with Gasteiger partial charge in [-0.05, 0) is 81.3 Å². The first-order chi connectivity index (χ1) is 21.4. The molecule has 2 nitrogen and oxygen atoms in total. The van der Waals surface area contributed by atoms with Crippen molar-refractivity contribution >= 4 is 27.5 Å². The van der Waals surface area contributed by atoms with Crippen molar-refractivity contribution in [2.45, 2.75) is 32.1 Å². The van der Waals surface area contributed by atoms with Crippen LogP contribution in [0.1, 0.15) is 60.1 Å². The van der Waals surface area contributed by atoms with E-state index in [4.69, 9.17) is 4.42 Å². The van der Waals surface area contributed by atoms with E-state index in [1.807, 2.05) is 24.3 Å². The lowest BCUT2D eigenvalue weighted by Crippen LogP contribution is -2.16. The lowest BCUT2D eigenvalue weighted by Gasteiger charge is -2.23. The van der Waals surface area contributed by atoms with Gasteiger partial charge in [-0.25, -0.2) is 0 Å². The number of nitriles is 1. The second-order valence-electron chi connectivity index (χ2n) is 12.4. The summed E-state index contributed by atoms with van der Waals surface area (Å²) >= 11 is 0. The summed E-state index contributed by atoms with van der Waals surface area (Å²) in [7, 11) is 0. The standard InChI is InChI=1S/C42H31NO/c1-5-6-18-36-25(2)28-20-21-33-35-23-26(19-22-37(35)44-41(33)40(28)42(36,3)4)38-27(24-43)12-11-17-34(38)39-31-15-9-7-13-29(31)30-14-8-10-16-32(30)39/h5-23,39H,1H2,2-4H3/b18-6-. The highest BCUT2D eigenvalue weighted by Crippen LogP contribution is 2.53. The van der Waals surface area contributed by atoms with Crippen molar-refractivity contribution in [2.24, 2.45) is 0 Å². The largest absolute Gasteiger partial charge is 0.456 e. The number of allylic oxidation sites excluding steroid dienone is 5. The molecule has 0 atom stereocenters. The van der Waals surface area contributed by atoms with Gasteiger partial charge in [-0.15, -0.1) is 0 Å². The van der Waals surface area contributed by atoms with Crippen LogP contribution in [0, 0.1) is 11.3 Å². The minimum atomic E-state index is -0.209. The number of hydrogen-bond acceptors (Lipinski definition) is 2. The van der Waals surface area contributed by atoms with E-state index in [2.05, 4.69) is 124 Å². The Morgan fingerprint density at radius 1 is 0.795 bits per heavy atom. The second kappa shape index (κ2) is 9.56. The molecule has 5 aromatic carbocycles. The van der Waals surface area contributed by atoms with Crippen LogP contribution in [0.25, 0.3) is 49.8 Å². The minimum Gasteiger partial charge on any atom is -0.456 e. The Morgan fingerprint density at radius 2 is 1.50 bits per heavy atom. The van der Waals surface area contributed by atoms with Crippen molar-refractivity contribution in [3.63, 3.8) is 0 Å². The molecular formula is C42H31NO. The van der Waals surface area contributed by atoms with Crippen LogP contribution in [0.15, 0.2) is 132 Å². The third kappa shape index (κ3) is 3.53. The third-order valence-electron chi connectivity index (χ3n) is 9.80. The molecule has 2 aliphatic carbocycles. The quantitative estimate of drug-likeness (QED) is 0.199. The lowest BCUT2D eigenvalue weighted by atomic mass is 9.80. The molecular weight excluding hydrogens is 534 g/mol. The zero-order valence-electron chi connectivity index (χ0n) is 25.1. The van der Waals surface area contributed by atoms with Gasteiger partial charge in [-0.2, -0.15) is 5.26 Å². The summed E-state index contributed by atoms with van der Waals surface area (Å²) in [4.78, 5) is 0. The van der Waals surface area contributed by atoms with Crippen LogP contribution < -0.4 is 0 Å². The second-order valence-corrected chi connectivity index (χ2v) is 12.4. The summed E-state index contributed by atoms with van der Waals surface area (Å²) in [6.45, 7) is 10.6. The Labute approximate surface area is 257 Å². The predicted octanol–water partition coefficient (Wildman–Crippen LogP) is 11.1. The molecule has 210 valence electrons. The summed E-state index contributed by atoms with van der Waals surface area (Å²) in [5.74, 6) is 0.0441.